The zero-order valence-electron chi connectivity index (χ0n) is 6.00. The Morgan fingerprint density at radius 2 is 2.09 bits per heavy atom. The van der Waals surface area contributed by atoms with Crippen molar-refractivity contribution in [3.8, 4) is 0 Å². The van der Waals surface area contributed by atoms with Gasteiger partial charge in [-0.3, -0.25) is 0 Å². The topological polar surface area (TPSA) is 26.0 Å². The summed E-state index contributed by atoms with van der Waals surface area (Å²) < 4.78 is 0.963. The van der Waals surface area contributed by atoms with Crippen LogP contribution in [0.15, 0.2) is 27.6 Å². The molecule has 0 spiro atoms. The molecule has 0 atom stereocenters. The molecular formula is C7H9BrClNS. The van der Waals surface area contributed by atoms with Gasteiger partial charge in [-0.05, 0) is 40.4 Å². The number of nitrogens with two attached hydrogens (primary N) is 1. The van der Waals surface area contributed by atoms with Crippen LogP contribution < -0.4 is 5.73 Å². The van der Waals surface area contributed by atoms with E-state index in [1.165, 1.54) is 4.90 Å². The first-order chi connectivity index (χ1) is 4.74. The molecule has 0 bridgehead atoms. The minimum atomic E-state index is 0. The second-order valence-corrected chi connectivity index (χ2v) is 3.62. The van der Waals surface area contributed by atoms with Crippen LogP contribution in [-0.2, 0) is 0 Å². The van der Waals surface area contributed by atoms with Crippen molar-refractivity contribution >= 4 is 45.8 Å². The number of halogens is 2. The number of benzene rings is 1. The van der Waals surface area contributed by atoms with Gasteiger partial charge in [0.05, 0.1) is 0 Å². The van der Waals surface area contributed by atoms with Crippen LogP contribution in [0.4, 0.5) is 5.69 Å². The average Bonchev–Trinajstić information content (AvgIpc) is 1.95. The molecule has 11 heavy (non-hydrogen) atoms. The molecule has 0 radical (unpaired) electrons. The van der Waals surface area contributed by atoms with Crippen LogP contribution >= 0.6 is 40.1 Å². The number of rotatable bonds is 1. The molecule has 0 aromatic heterocycles. The number of hydrogen-bond donors (Lipinski definition) is 1. The van der Waals surface area contributed by atoms with Crippen molar-refractivity contribution in [1.29, 1.82) is 0 Å². The maximum Gasteiger partial charge on any atom is 0.0469 e. The Kier molecular flexibility index (Phi) is 4.97. The van der Waals surface area contributed by atoms with Crippen molar-refractivity contribution in [3.05, 3.63) is 22.7 Å². The van der Waals surface area contributed by atoms with Crippen molar-refractivity contribution in [2.24, 2.45) is 0 Å². The van der Waals surface area contributed by atoms with Crippen LogP contribution in [0.3, 0.4) is 0 Å². The van der Waals surface area contributed by atoms with E-state index < -0.39 is 0 Å². The quantitative estimate of drug-likeness (QED) is 0.615. The van der Waals surface area contributed by atoms with Crippen molar-refractivity contribution in [2.45, 2.75) is 4.90 Å². The first kappa shape index (κ1) is 11.1. The Morgan fingerprint density at radius 3 is 2.55 bits per heavy atom. The fourth-order valence-electron chi connectivity index (χ4n) is 0.649. The van der Waals surface area contributed by atoms with E-state index in [9.17, 15) is 0 Å². The van der Waals surface area contributed by atoms with E-state index in [0.717, 1.165) is 10.2 Å². The molecule has 0 fully saturated rings. The highest BCUT2D eigenvalue weighted by atomic mass is 79.9. The molecule has 4 heteroatoms. The Morgan fingerprint density at radius 1 is 1.45 bits per heavy atom. The zero-order chi connectivity index (χ0) is 7.56. The maximum absolute atomic E-state index is 5.64. The molecular weight excluding hydrogens is 246 g/mol. The van der Waals surface area contributed by atoms with Gasteiger partial charge in [0.15, 0.2) is 0 Å². The molecule has 2 N–H and O–H groups in total. The van der Waals surface area contributed by atoms with Gasteiger partial charge in [0, 0.05) is 15.1 Å². The van der Waals surface area contributed by atoms with Gasteiger partial charge >= 0.3 is 0 Å². The number of hydrogen-bond acceptors (Lipinski definition) is 2. The van der Waals surface area contributed by atoms with E-state index >= 15 is 0 Å². The first-order valence-electron chi connectivity index (χ1n) is 2.83. The highest BCUT2D eigenvalue weighted by Crippen LogP contribution is 2.24. The van der Waals surface area contributed by atoms with Gasteiger partial charge in [-0.15, -0.1) is 24.2 Å². The van der Waals surface area contributed by atoms with E-state index in [4.69, 9.17) is 5.73 Å². The second-order valence-electron chi connectivity index (χ2n) is 1.89. The number of thioether (sulfide) groups is 1. The third-order valence-electron chi connectivity index (χ3n) is 1.20. The molecule has 0 aliphatic carbocycles. The molecule has 0 aliphatic rings. The van der Waals surface area contributed by atoms with Crippen LogP contribution in [0.1, 0.15) is 0 Å². The van der Waals surface area contributed by atoms with E-state index in [0.29, 0.717) is 0 Å². The Labute approximate surface area is 85.3 Å². The van der Waals surface area contributed by atoms with Crippen molar-refractivity contribution < 1.29 is 0 Å². The van der Waals surface area contributed by atoms with Crippen LogP contribution in [0.25, 0.3) is 0 Å². The molecule has 1 nitrogen and oxygen atoms in total. The van der Waals surface area contributed by atoms with Gasteiger partial charge in [0.25, 0.3) is 0 Å². The van der Waals surface area contributed by atoms with Crippen molar-refractivity contribution in [3.63, 3.8) is 0 Å². The lowest BCUT2D eigenvalue weighted by Crippen LogP contribution is -1.85. The van der Waals surface area contributed by atoms with E-state index in [1.54, 1.807) is 11.8 Å². The molecule has 62 valence electrons. The molecule has 1 rings (SSSR count). The standard InChI is InChI=1S/C7H8BrNS.ClH/c1-10-5-2-3-6(8)7(9)4-5;/h2-4H,9H2,1H3;1H. The summed E-state index contributed by atoms with van der Waals surface area (Å²) in [6, 6.07) is 5.95. The SMILES string of the molecule is CSc1ccc(Br)c(N)c1.Cl. The Bertz CT molecular complexity index is 242. The maximum atomic E-state index is 5.64. The van der Waals surface area contributed by atoms with Gasteiger partial charge < -0.3 is 5.73 Å². The van der Waals surface area contributed by atoms with Gasteiger partial charge in [0.1, 0.15) is 0 Å². The Hall–Kier alpha value is 0.140. The van der Waals surface area contributed by atoms with Gasteiger partial charge in [-0.25, -0.2) is 0 Å². The molecule has 1 aromatic carbocycles. The second kappa shape index (κ2) is 4.91. The lowest BCUT2D eigenvalue weighted by Gasteiger charge is -1.99. The molecule has 0 saturated carbocycles. The summed E-state index contributed by atoms with van der Waals surface area (Å²) in [5.74, 6) is 0. The van der Waals surface area contributed by atoms with Gasteiger partial charge in [-0.1, -0.05) is 0 Å². The minimum absolute atomic E-state index is 0. The van der Waals surface area contributed by atoms with E-state index in [1.807, 2.05) is 24.5 Å². The lowest BCUT2D eigenvalue weighted by atomic mass is 10.3. The van der Waals surface area contributed by atoms with Crippen LogP contribution in [0.2, 0.25) is 0 Å². The predicted octanol–water partition coefficient (Wildman–Crippen LogP) is 3.18. The molecule has 1 aromatic rings. The van der Waals surface area contributed by atoms with Crippen molar-refractivity contribution in [2.75, 3.05) is 12.0 Å². The average molecular weight is 255 g/mol. The van der Waals surface area contributed by atoms with E-state index in [2.05, 4.69) is 15.9 Å². The smallest absolute Gasteiger partial charge is 0.0469 e. The zero-order valence-corrected chi connectivity index (χ0v) is 9.22. The third kappa shape index (κ3) is 2.93. The summed E-state index contributed by atoms with van der Waals surface area (Å²) >= 11 is 5.02. The highest BCUT2D eigenvalue weighted by molar-refractivity contribution is 9.10. The fourth-order valence-corrected chi connectivity index (χ4v) is 1.34. The fraction of sp³-hybridized carbons (Fsp3) is 0.143. The van der Waals surface area contributed by atoms with Gasteiger partial charge in [0.2, 0.25) is 0 Å². The normalized spacial score (nSPS) is 8.91. The lowest BCUT2D eigenvalue weighted by molar-refractivity contribution is 1.45. The minimum Gasteiger partial charge on any atom is -0.398 e. The summed E-state index contributed by atoms with van der Waals surface area (Å²) in [6.07, 6.45) is 2.03. The molecule has 0 amide bonds. The summed E-state index contributed by atoms with van der Waals surface area (Å²) in [6.45, 7) is 0. The number of nitrogen functional groups attached to an aromatic ring is 1. The summed E-state index contributed by atoms with van der Waals surface area (Å²) in [4.78, 5) is 1.20. The summed E-state index contributed by atoms with van der Waals surface area (Å²) in [5.41, 5.74) is 6.43. The predicted molar refractivity (Wildman–Crippen MR) is 57.6 cm³/mol. The van der Waals surface area contributed by atoms with Crippen LogP contribution in [0, 0.1) is 0 Å². The monoisotopic (exact) mass is 253 g/mol. The third-order valence-corrected chi connectivity index (χ3v) is 2.65. The van der Waals surface area contributed by atoms with E-state index in [-0.39, 0.29) is 12.4 Å². The summed E-state index contributed by atoms with van der Waals surface area (Å²) in [5, 5.41) is 0. The van der Waals surface area contributed by atoms with Crippen LogP contribution in [-0.4, -0.2) is 6.26 Å². The largest absolute Gasteiger partial charge is 0.398 e. The summed E-state index contributed by atoms with van der Waals surface area (Å²) in [7, 11) is 0. The highest BCUT2D eigenvalue weighted by Gasteiger charge is 1.94. The molecule has 0 aliphatic heterocycles. The number of anilines is 1. The Balaban J connectivity index is 0.000001000. The molecule has 0 unspecified atom stereocenters. The van der Waals surface area contributed by atoms with Crippen molar-refractivity contribution in [1.82, 2.24) is 0 Å². The molecule has 0 heterocycles. The first-order valence-corrected chi connectivity index (χ1v) is 4.85. The molecule has 0 saturated heterocycles. The van der Waals surface area contributed by atoms with Gasteiger partial charge in [-0.2, -0.15) is 0 Å². The van der Waals surface area contributed by atoms with Crippen LogP contribution in [0.5, 0.6) is 0 Å².